The normalized spacial score (nSPS) is 11.0. The third-order valence-electron chi connectivity index (χ3n) is 4.20. The standard InChI is InChI=1S/C20H16N2O2S/c1-13-6-8-14(9-7-13)18-12-25-20-21-19(17(11-23)22(18)20)15-4-3-5-16(10-15)24-2/h3-12H,1-2H3. The number of benzene rings is 2. The van der Waals surface area contributed by atoms with E-state index >= 15 is 0 Å². The summed E-state index contributed by atoms with van der Waals surface area (Å²) in [5.41, 5.74) is 5.34. The van der Waals surface area contributed by atoms with Gasteiger partial charge in [0.25, 0.3) is 0 Å². The van der Waals surface area contributed by atoms with Crippen LogP contribution in [0.4, 0.5) is 0 Å². The summed E-state index contributed by atoms with van der Waals surface area (Å²) >= 11 is 1.53. The fraction of sp³-hybridized carbons (Fsp3) is 0.100. The van der Waals surface area contributed by atoms with Crippen LogP contribution in [0.1, 0.15) is 16.1 Å². The number of aryl methyl sites for hydroxylation is 1. The van der Waals surface area contributed by atoms with Crippen molar-refractivity contribution < 1.29 is 9.53 Å². The Morgan fingerprint density at radius 2 is 1.92 bits per heavy atom. The first-order valence-electron chi connectivity index (χ1n) is 7.88. The lowest BCUT2D eigenvalue weighted by molar-refractivity contribution is 0.111. The number of fused-ring (bicyclic) bond motifs is 1. The second-order valence-corrected chi connectivity index (χ2v) is 6.64. The zero-order valence-electron chi connectivity index (χ0n) is 13.9. The number of hydrogen-bond acceptors (Lipinski definition) is 4. The Kier molecular flexibility index (Phi) is 3.86. The van der Waals surface area contributed by atoms with Gasteiger partial charge in [0.05, 0.1) is 12.8 Å². The number of imidazole rings is 1. The van der Waals surface area contributed by atoms with Crippen LogP contribution in [-0.4, -0.2) is 22.8 Å². The molecule has 0 atom stereocenters. The summed E-state index contributed by atoms with van der Waals surface area (Å²) in [6, 6.07) is 15.9. The molecular weight excluding hydrogens is 332 g/mol. The summed E-state index contributed by atoms with van der Waals surface area (Å²) < 4.78 is 7.22. The maximum atomic E-state index is 11.9. The van der Waals surface area contributed by atoms with Crippen molar-refractivity contribution in [2.75, 3.05) is 7.11 Å². The zero-order valence-corrected chi connectivity index (χ0v) is 14.7. The summed E-state index contributed by atoms with van der Waals surface area (Å²) in [7, 11) is 1.63. The van der Waals surface area contributed by atoms with Crippen LogP contribution in [0.15, 0.2) is 53.9 Å². The summed E-state index contributed by atoms with van der Waals surface area (Å²) in [5, 5.41) is 2.04. The van der Waals surface area contributed by atoms with Crippen molar-refractivity contribution in [2.45, 2.75) is 6.92 Å². The van der Waals surface area contributed by atoms with Gasteiger partial charge in [-0.25, -0.2) is 4.98 Å². The maximum absolute atomic E-state index is 11.9. The maximum Gasteiger partial charge on any atom is 0.195 e. The largest absolute Gasteiger partial charge is 0.497 e. The Labute approximate surface area is 149 Å². The summed E-state index contributed by atoms with van der Waals surface area (Å²) in [6.45, 7) is 2.06. The van der Waals surface area contributed by atoms with Crippen LogP contribution in [-0.2, 0) is 0 Å². The van der Waals surface area contributed by atoms with Crippen LogP contribution < -0.4 is 4.74 Å². The molecule has 0 saturated carbocycles. The predicted molar refractivity (Wildman–Crippen MR) is 101 cm³/mol. The molecule has 2 aromatic carbocycles. The van der Waals surface area contributed by atoms with Gasteiger partial charge in [0.2, 0.25) is 0 Å². The van der Waals surface area contributed by atoms with Gasteiger partial charge < -0.3 is 4.74 Å². The minimum absolute atomic E-state index is 0.556. The Balaban J connectivity index is 1.93. The van der Waals surface area contributed by atoms with Gasteiger partial charge >= 0.3 is 0 Å². The number of ether oxygens (including phenoxy) is 1. The van der Waals surface area contributed by atoms with Crippen LogP contribution in [0.5, 0.6) is 5.75 Å². The minimum Gasteiger partial charge on any atom is -0.497 e. The van der Waals surface area contributed by atoms with Crippen molar-refractivity contribution >= 4 is 22.6 Å². The van der Waals surface area contributed by atoms with Crippen molar-refractivity contribution in [1.29, 1.82) is 0 Å². The highest BCUT2D eigenvalue weighted by atomic mass is 32.1. The van der Waals surface area contributed by atoms with Gasteiger partial charge in [-0.2, -0.15) is 0 Å². The Morgan fingerprint density at radius 3 is 2.64 bits per heavy atom. The van der Waals surface area contributed by atoms with E-state index in [1.54, 1.807) is 7.11 Å². The Morgan fingerprint density at radius 1 is 1.12 bits per heavy atom. The van der Waals surface area contributed by atoms with Gasteiger partial charge in [-0.15, -0.1) is 11.3 Å². The number of aldehydes is 1. The zero-order chi connectivity index (χ0) is 17.4. The number of methoxy groups -OCH3 is 1. The monoisotopic (exact) mass is 348 g/mol. The average Bonchev–Trinajstić information content (AvgIpc) is 3.21. The Hall–Kier alpha value is -2.92. The van der Waals surface area contributed by atoms with E-state index in [0.717, 1.165) is 33.8 Å². The molecule has 0 fully saturated rings. The fourth-order valence-electron chi connectivity index (χ4n) is 2.90. The molecular formula is C20H16N2O2S. The molecule has 4 rings (SSSR count). The molecule has 5 heteroatoms. The Bertz CT molecular complexity index is 1060. The molecule has 4 aromatic rings. The van der Waals surface area contributed by atoms with E-state index in [1.807, 2.05) is 34.0 Å². The number of carbonyl (C=O) groups excluding carboxylic acids is 1. The molecule has 124 valence electrons. The third kappa shape index (κ3) is 2.62. The van der Waals surface area contributed by atoms with Crippen molar-refractivity contribution in [3.05, 3.63) is 65.2 Å². The van der Waals surface area contributed by atoms with Gasteiger partial charge in [-0.1, -0.05) is 42.0 Å². The lowest BCUT2D eigenvalue weighted by Gasteiger charge is -2.04. The topological polar surface area (TPSA) is 43.6 Å². The predicted octanol–water partition coefficient (Wildman–Crippen LogP) is 4.86. The van der Waals surface area contributed by atoms with E-state index in [-0.39, 0.29) is 0 Å². The van der Waals surface area contributed by atoms with Crippen molar-refractivity contribution in [2.24, 2.45) is 0 Å². The van der Waals surface area contributed by atoms with E-state index in [4.69, 9.17) is 4.74 Å². The number of thiazole rings is 1. The molecule has 0 aliphatic heterocycles. The molecule has 25 heavy (non-hydrogen) atoms. The first-order valence-corrected chi connectivity index (χ1v) is 8.76. The molecule has 0 aliphatic rings. The molecule has 2 aromatic heterocycles. The molecule has 0 unspecified atom stereocenters. The number of aromatic nitrogens is 2. The highest BCUT2D eigenvalue weighted by Crippen LogP contribution is 2.33. The highest BCUT2D eigenvalue weighted by molar-refractivity contribution is 7.15. The first kappa shape index (κ1) is 15.6. The molecule has 0 amide bonds. The van der Waals surface area contributed by atoms with Crippen LogP contribution in [0.2, 0.25) is 0 Å². The fourth-order valence-corrected chi connectivity index (χ4v) is 3.80. The van der Waals surface area contributed by atoms with E-state index in [9.17, 15) is 4.79 Å². The molecule has 0 aliphatic carbocycles. The molecule has 0 radical (unpaired) electrons. The van der Waals surface area contributed by atoms with E-state index < -0.39 is 0 Å². The van der Waals surface area contributed by atoms with Gasteiger partial charge in [0.1, 0.15) is 17.1 Å². The van der Waals surface area contributed by atoms with Crippen LogP contribution in [0.3, 0.4) is 0 Å². The highest BCUT2D eigenvalue weighted by Gasteiger charge is 2.18. The smallest absolute Gasteiger partial charge is 0.195 e. The van der Waals surface area contributed by atoms with E-state index in [0.29, 0.717) is 11.4 Å². The lowest BCUT2D eigenvalue weighted by atomic mass is 10.1. The molecule has 0 N–H and O–H groups in total. The third-order valence-corrected chi connectivity index (χ3v) is 5.03. The van der Waals surface area contributed by atoms with Gasteiger partial charge in [0, 0.05) is 10.9 Å². The number of nitrogens with zero attached hydrogens (tertiary/aromatic N) is 2. The van der Waals surface area contributed by atoms with E-state index in [2.05, 4.69) is 36.2 Å². The summed E-state index contributed by atoms with van der Waals surface area (Å²) in [5.74, 6) is 0.740. The SMILES string of the molecule is COc1cccc(-c2nc3scc(-c4ccc(C)cc4)n3c2C=O)c1. The summed E-state index contributed by atoms with van der Waals surface area (Å²) in [6.07, 6.45) is 0.874. The lowest BCUT2D eigenvalue weighted by Crippen LogP contribution is -1.94. The summed E-state index contributed by atoms with van der Waals surface area (Å²) in [4.78, 5) is 17.4. The first-order chi connectivity index (χ1) is 12.2. The second kappa shape index (κ2) is 6.18. The second-order valence-electron chi connectivity index (χ2n) is 5.80. The number of hydrogen-bond donors (Lipinski definition) is 0. The molecule has 4 nitrogen and oxygen atoms in total. The van der Waals surface area contributed by atoms with Crippen molar-refractivity contribution in [3.8, 4) is 28.3 Å². The van der Waals surface area contributed by atoms with Gasteiger partial charge in [-0.3, -0.25) is 9.20 Å². The van der Waals surface area contributed by atoms with Crippen LogP contribution in [0, 0.1) is 6.92 Å². The minimum atomic E-state index is 0.556. The number of rotatable bonds is 4. The van der Waals surface area contributed by atoms with Crippen LogP contribution in [0.25, 0.3) is 27.5 Å². The van der Waals surface area contributed by atoms with Crippen molar-refractivity contribution in [1.82, 2.24) is 9.38 Å². The molecule has 0 saturated heterocycles. The van der Waals surface area contributed by atoms with Gasteiger partial charge in [0.15, 0.2) is 11.2 Å². The number of carbonyl (C=O) groups is 1. The van der Waals surface area contributed by atoms with Crippen LogP contribution >= 0.6 is 11.3 Å². The quantitative estimate of drug-likeness (QED) is 0.495. The molecule has 0 spiro atoms. The average molecular weight is 348 g/mol. The van der Waals surface area contributed by atoms with Gasteiger partial charge in [-0.05, 0) is 24.6 Å². The van der Waals surface area contributed by atoms with E-state index in [1.165, 1.54) is 16.9 Å². The molecule has 2 heterocycles. The molecule has 0 bridgehead atoms. The van der Waals surface area contributed by atoms with Crippen molar-refractivity contribution in [3.63, 3.8) is 0 Å².